The molecule has 0 spiro atoms. The van der Waals surface area contributed by atoms with Gasteiger partial charge in [-0.2, -0.15) is 18.4 Å². The fraction of sp³-hybridized carbons (Fsp3) is 0.364. The number of nitriles is 1. The van der Waals surface area contributed by atoms with Gasteiger partial charge in [0.05, 0.1) is 19.3 Å². The molecule has 0 aliphatic carbocycles. The molecule has 0 radical (unpaired) electrons. The van der Waals surface area contributed by atoms with E-state index < -0.39 is 18.7 Å². The van der Waals surface area contributed by atoms with Gasteiger partial charge in [0.15, 0.2) is 5.92 Å². The molecule has 0 heterocycles. The SMILES string of the molecule is N#CC(COCc1ccccc1Cl)C(F)(F)F. The average molecular weight is 264 g/mol. The van der Waals surface area contributed by atoms with Crippen LogP contribution in [-0.4, -0.2) is 12.8 Å². The summed E-state index contributed by atoms with van der Waals surface area (Å²) in [6.45, 7) is -0.737. The van der Waals surface area contributed by atoms with E-state index in [2.05, 4.69) is 0 Å². The van der Waals surface area contributed by atoms with Crippen molar-refractivity contribution in [3.63, 3.8) is 0 Å². The first kappa shape index (κ1) is 13.8. The van der Waals surface area contributed by atoms with Crippen molar-refractivity contribution < 1.29 is 17.9 Å². The summed E-state index contributed by atoms with van der Waals surface area (Å²) in [5, 5.41) is 8.76. The van der Waals surface area contributed by atoms with Gasteiger partial charge in [-0.15, -0.1) is 0 Å². The smallest absolute Gasteiger partial charge is 0.375 e. The van der Waals surface area contributed by atoms with E-state index in [4.69, 9.17) is 21.6 Å². The Morgan fingerprint density at radius 1 is 1.35 bits per heavy atom. The number of nitrogens with zero attached hydrogens (tertiary/aromatic N) is 1. The number of hydrogen-bond acceptors (Lipinski definition) is 2. The predicted molar refractivity (Wildman–Crippen MR) is 56.3 cm³/mol. The van der Waals surface area contributed by atoms with E-state index in [9.17, 15) is 13.2 Å². The molecule has 0 amide bonds. The van der Waals surface area contributed by atoms with Gasteiger partial charge in [0.25, 0.3) is 0 Å². The van der Waals surface area contributed by atoms with Crippen molar-refractivity contribution >= 4 is 11.6 Å². The Morgan fingerprint density at radius 3 is 2.53 bits per heavy atom. The molecule has 2 nitrogen and oxygen atoms in total. The van der Waals surface area contributed by atoms with Crippen molar-refractivity contribution in [3.05, 3.63) is 34.9 Å². The van der Waals surface area contributed by atoms with Gasteiger partial charge in [0, 0.05) is 5.02 Å². The molecule has 0 N–H and O–H groups in total. The van der Waals surface area contributed by atoms with E-state index in [1.807, 2.05) is 0 Å². The van der Waals surface area contributed by atoms with E-state index >= 15 is 0 Å². The molecule has 0 bridgehead atoms. The lowest BCUT2D eigenvalue weighted by Crippen LogP contribution is -2.25. The predicted octanol–water partition coefficient (Wildman–Crippen LogP) is 3.56. The molecule has 1 aromatic carbocycles. The number of hydrogen-bond donors (Lipinski definition) is 0. The van der Waals surface area contributed by atoms with Crippen LogP contribution in [-0.2, 0) is 11.3 Å². The molecule has 1 atom stereocenters. The summed E-state index contributed by atoms with van der Waals surface area (Å²) in [4.78, 5) is 0. The monoisotopic (exact) mass is 263 g/mol. The first-order chi connectivity index (χ1) is 7.95. The van der Waals surface area contributed by atoms with Gasteiger partial charge in [-0.25, -0.2) is 0 Å². The van der Waals surface area contributed by atoms with Crippen LogP contribution in [0.4, 0.5) is 13.2 Å². The third-order valence-electron chi connectivity index (χ3n) is 2.05. The highest BCUT2D eigenvalue weighted by molar-refractivity contribution is 6.31. The van der Waals surface area contributed by atoms with Crippen LogP contribution in [0.2, 0.25) is 5.02 Å². The molecule has 0 aliphatic heterocycles. The Hall–Kier alpha value is -1.25. The number of halogens is 4. The molecule has 1 rings (SSSR count). The Balaban J connectivity index is 2.48. The molecule has 0 aromatic heterocycles. The fourth-order valence-corrected chi connectivity index (χ4v) is 1.30. The van der Waals surface area contributed by atoms with E-state index in [1.165, 1.54) is 0 Å². The highest BCUT2D eigenvalue weighted by Gasteiger charge is 2.40. The zero-order chi connectivity index (χ0) is 12.9. The van der Waals surface area contributed by atoms with Crippen molar-refractivity contribution in [2.45, 2.75) is 12.8 Å². The molecule has 0 saturated heterocycles. The number of benzene rings is 1. The van der Waals surface area contributed by atoms with Crippen molar-refractivity contribution in [3.8, 4) is 6.07 Å². The summed E-state index contributed by atoms with van der Waals surface area (Å²) in [5.74, 6) is -2.11. The average Bonchev–Trinajstić information content (AvgIpc) is 2.25. The maximum absolute atomic E-state index is 12.2. The van der Waals surface area contributed by atoms with Crippen molar-refractivity contribution in [1.29, 1.82) is 5.26 Å². The van der Waals surface area contributed by atoms with Crippen LogP contribution in [0.15, 0.2) is 24.3 Å². The Labute approximate surface area is 102 Å². The molecule has 0 aliphatic rings. The maximum atomic E-state index is 12.2. The van der Waals surface area contributed by atoms with E-state index in [-0.39, 0.29) is 6.61 Å². The van der Waals surface area contributed by atoms with Crippen LogP contribution in [0.5, 0.6) is 0 Å². The largest absolute Gasteiger partial charge is 0.406 e. The van der Waals surface area contributed by atoms with Crippen molar-refractivity contribution in [1.82, 2.24) is 0 Å². The quantitative estimate of drug-likeness (QED) is 0.832. The molecule has 17 heavy (non-hydrogen) atoms. The van der Waals surface area contributed by atoms with Gasteiger partial charge < -0.3 is 4.74 Å². The van der Waals surface area contributed by atoms with Crippen LogP contribution in [0.1, 0.15) is 5.56 Å². The second-order valence-corrected chi connectivity index (χ2v) is 3.74. The van der Waals surface area contributed by atoms with Crippen LogP contribution in [0.25, 0.3) is 0 Å². The molecular formula is C11H9ClF3NO. The van der Waals surface area contributed by atoms with E-state index in [0.717, 1.165) is 6.07 Å². The fourth-order valence-electron chi connectivity index (χ4n) is 1.11. The summed E-state index contributed by atoms with van der Waals surface area (Å²) in [5.41, 5.74) is 0.591. The molecule has 0 saturated carbocycles. The number of alkyl halides is 3. The second-order valence-electron chi connectivity index (χ2n) is 3.33. The van der Waals surface area contributed by atoms with Gasteiger partial charge in [0.2, 0.25) is 0 Å². The third-order valence-corrected chi connectivity index (χ3v) is 2.42. The summed E-state index contributed by atoms with van der Waals surface area (Å²) in [6, 6.07) is 7.84. The van der Waals surface area contributed by atoms with Crippen molar-refractivity contribution in [2.75, 3.05) is 6.61 Å². The third kappa shape index (κ3) is 4.25. The highest BCUT2D eigenvalue weighted by Crippen LogP contribution is 2.26. The Kier molecular flexibility index (Phi) is 4.79. The van der Waals surface area contributed by atoms with Gasteiger partial charge in [-0.3, -0.25) is 0 Å². The highest BCUT2D eigenvalue weighted by atomic mass is 35.5. The van der Waals surface area contributed by atoms with Crippen LogP contribution in [0, 0.1) is 17.2 Å². The molecule has 92 valence electrons. The topological polar surface area (TPSA) is 33.0 Å². The van der Waals surface area contributed by atoms with Gasteiger partial charge >= 0.3 is 6.18 Å². The van der Waals surface area contributed by atoms with Crippen LogP contribution >= 0.6 is 11.6 Å². The summed E-state index contributed by atoms with van der Waals surface area (Å²) >= 11 is 5.80. The normalized spacial score (nSPS) is 13.1. The zero-order valence-electron chi connectivity index (χ0n) is 8.67. The standard InChI is InChI=1S/C11H9ClF3NO/c12-10-4-2-1-3-8(10)6-17-7-9(5-16)11(13,14)15/h1-4,9H,6-7H2. The number of ether oxygens (including phenoxy) is 1. The molecule has 0 fully saturated rings. The van der Waals surface area contributed by atoms with Crippen LogP contribution < -0.4 is 0 Å². The minimum Gasteiger partial charge on any atom is -0.375 e. The molecule has 1 aromatic rings. The van der Waals surface area contributed by atoms with Crippen molar-refractivity contribution in [2.24, 2.45) is 5.92 Å². The molecular weight excluding hydrogens is 255 g/mol. The lowest BCUT2D eigenvalue weighted by Gasteiger charge is -2.13. The molecule has 1 unspecified atom stereocenters. The lowest BCUT2D eigenvalue weighted by molar-refractivity contribution is -0.172. The molecule has 6 heteroatoms. The first-order valence-corrected chi connectivity index (χ1v) is 5.10. The minimum absolute atomic E-state index is 0.0477. The Morgan fingerprint density at radius 2 is 2.00 bits per heavy atom. The van der Waals surface area contributed by atoms with Gasteiger partial charge in [-0.1, -0.05) is 29.8 Å². The zero-order valence-corrected chi connectivity index (χ0v) is 9.42. The summed E-state index contributed by atoms with van der Waals surface area (Å²) < 4.78 is 41.4. The summed E-state index contributed by atoms with van der Waals surface area (Å²) in [7, 11) is 0. The van der Waals surface area contributed by atoms with Gasteiger partial charge in [0.1, 0.15) is 0 Å². The summed E-state index contributed by atoms with van der Waals surface area (Å²) in [6.07, 6.45) is -4.56. The Bertz CT molecular complexity index is 414. The minimum atomic E-state index is -4.56. The number of rotatable bonds is 4. The lowest BCUT2D eigenvalue weighted by atomic mass is 10.2. The van der Waals surface area contributed by atoms with E-state index in [0.29, 0.717) is 10.6 Å². The van der Waals surface area contributed by atoms with Gasteiger partial charge in [-0.05, 0) is 11.6 Å². The maximum Gasteiger partial charge on any atom is 0.406 e. The van der Waals surface area contributed by atoms with Crippen LogP contribution in [0.3, 0.4) is 0 Å². The second kappa shape index (κ2) is 5.89. The van der Waals surface area contributed by atoms with E-state index in [1.54, 1.807) is 24.3 Å². The first-order valence-electron chi connectivity index (χ1n) is 4.72.